The molecule has 0 saturated heterocycles. The number of nitrogens with one attached hydrogen (secondary N) is 2. The lowest BCUT2D eigenvalue weighted by molar-refractivity contribution is 0.345. The van der Waals surface area contributed by atoms with E-state index in [1.165, 1.54) is 18.6 Å². The molecule has 0 amide bonds. The zero-order valence-electron chi connectivity index (χ0n) is 95.1. The molecule has 14 rings (SSSR count). The Kier molecular flexibility index (Phi) is 48.7. The van der Waals surface area contributed by atoms with Gasteiger partial charge in [0, 0.05) is 128 Å². The summed E-state index contributed by atoms with van der Waals surface area (Å²) in [5.41, 5.74) is 8.48. The fraction of sp³-hybridized carbons (Fsp3) is 0.704. The standard InChI is InChI=1S/C13H16N2O.C10H19N3.C10H16N2O.C9H17N3O.2C9H16N2.C9H15NO.2C8H14N2O.C8H14N2.C8H13NO.C7H13N3/c1-13(2,3)9-11-14-15-12(16-11)10-7-5-4-6-8-10;1-7(2)9-11-8(12-13-9)6-10(3,4)5;1-10(2,3)6-8-11-12-9(13-8)7-4-5-7;1-9(2,3)6-7-10-11-8(13-7)12(4)5;1-7-8(11-6-10-7)5-9(2,3)4;1-7-6-10-8(11-7)5-9(2,3)4;1-7-6-11-8(10-7)5-9(2,3)4;2*1-6-9-10-7(11-6)5-8(2,3)4;2*1-8(2,3)6-7-9-4-5-10-7;1-7(2,3)4-6-8-5-9-10-6/h4-8H,9H2,1-3H3;7H,6H2,1-5H3,(H,11,12,13);7H,4-6H2,1-3H3;6H2,1-5H3;2*5-6H2,1-4H3;6H,5H2,1-4H3;2*5H2,1-4H3;4H,5-6H2,1-3H3;4-5H,6H2,1-3H3;5H,4H2,1-3H3,(H,8,9,10). The Morgan fingerprint density at radius 3 is 1.21 bits per heavy atom. The number of benzene rings is 1. The first-order valence-electron chi connectivity index (χ1n) is 49.5. The number of aliphatic imine (C=N–C) groups is 6. The van der Waals surface area contributed by atoms with Crippen LogP contribution in [0.4, 0.5) is 6.01 Å². The molecular weight excluding hydrogens is 1760 g/mol. The highest BCUT2D eigenvalue weighted by Gasteiger charge is 2.31. The zero-order valence-corrected chi connectivity index (χ0v) is 95.1. The van der Waals surface area contributed by atoms with Gasteiger partial charge in [0.25, 0.3) is 0 Å². The Balaban J connectivity index is 0.000000394. The van der Waals surface area contributed by atoms with E-state index in [0.29, 0.717) is 75.6 Å². The van der Waals surface area contributed by atoms with Crippen molar-refractivity contribution in [2.45, 2.75) is 399 Å². The fourth-order valence-electron chi connectivity index (χ4n) is 12.2. The summed E-state index contributed by atoms with van der Waals surface area (Å²) in [5, 5.41) is 53.2. The van der Waals surface area contributed by atoms with Crippen LogP contribution in [-0.4, -0.2) is 160 Å². The Morgan fingerprint density at radius 1 is 0.400 bits per heavy atom. The van der Waals surface area contributed by atoms with Crippen molar-refractivity contribution >= 4 is 41.0 Å². The summed E-state index contributed by atoms with van der Waals surface area (Å²) in [6, 6.07) is 10.4. The summed E-state index contributed by atoms with van der Waals surface area (Å²) in [6.45, 7) is 94.4. The molecule has 1 saturated carbocycles. The second-order valence-corrected chi connectivity index (χ2v) is 51.5. The highest BCUT2D eigenvalue weighted by molar-refractivity contribution is 6.42. The first-order valence-corrected chi connectivity index (χ1v) is 49.5. The minimum Gasteiger partial charge on any atom is -0.449 e. The lowest BCUT2D eigenvalue weighted by atomic mass is 9.88. The molecule has 1 aromatic carbocycles. The van der Waals surface area contributed by atoms with Gasteiger partial charge in [0.05, 0.1) is 36.4 Å². The van der Waals surface area contributed by atoms with Crippen LogP contribution in [0.1, 0.15) is 403 Å². The van der Waals surface area contributed by atoms with E-state index in [4.69, 9.17) is 30.9 Å². The summed E-state index contributed by atoms with van der Waals surface area (Å²) in [6.07, 6.45) is 21.7. The van der Waals surface area contributed by atoms with Crippen LogP contribution in [0.15, 0.2) is 116 Å². The highest BCUT2D eigenvalue weighted by Crippen LogP contribution is 2.40. The quantitative estimate of drug-likeness (QED) is 0.0907. The number of nitrogens with zero attached hydrogens (tertiary/aromatic N) is 23. The fourth-order valence-corrected chi connectivity index (χ4v) is 12.2. The number of amidine groups is 2. The van der Waals surface area contributed by atoms with Gasteiger partial charge in [0.1, 0.15) is 48.8 Å². The number of oxazole rings is 2. The number of aromatic amines is 2. The number of rotatable bonds is 16. The molecule has 1 aliphatic carbocycles. The molecule has 0 atom stereocenters. The van der Waals surface area contributed by atoms with Crippen LogP contribution in [0, 0.1) is 85.8 Å². The molecular formula is C108H183N25O7. The molecule has 1 fully saturated rings. The van der Waals surface area contributed by atoms with Crippen LogP contribution in [0.3, 0.4) is 0 Å². The summed E-state index contributed by atoms with van der Waals surface area (Å²) in [7, 11) is 3.77. The molecule has 32 nitrogen and oxygen atoms in total. The van der Waals surface area contributed by atoms with Crippen molar-refractivity contribution in [1.29, 1.82) is 0 Å². The van der Waals surface area contributed by atoms with E-state index >= 15 is 0 Å². The monoisotopic (exact) mass is 1940 g/mol. The average Bonchev–Trinajstić information content (AvgIpc) is 1.69. The molecule has 0 bridgehead atoms. The van der Waals surface area contributed by atoms with Gasteiger partial charge in [-0.2, -0.15) is 10.2 Å². The van der Waals surface area contributed by atoms with Gasteiger partial charge in [-0.3, -0.25) is 30.2 Å². The first kappa shape index (κ1) is 124. The average molecular weight is 1940 g/mol. The smallest absolute Gasteiger partial charge is 0.317 e. The Labute approximate surface area is 840 Å². The zero-order chi connectivity index (χ0) is 106. The molecule has 140 heavy (non-hydrogen) atoms. The molecule has 10 aromatic rings. The van der Waals surface area contributed by atoms with Gasteiger partial charge in [0.15, 0.2) is 17.6 Å². The topological polar surface area (TPSA) is 407 Å². The SMILES string of the molecule is CC(C)(C)CC1=NCC=N1.CC(C)(C)Cc1ncco1.CC(C)(C)Cc1ncn[nH]1.CC(C)(C)Cc1nnc(-c2ccccc2)o1.CC(C)(C)Cc1nnc(C2CC2)o1.CC(C)c1n[nH]c(CC(C)(C)C)n1.CC1=NC(CC(C)(C)C)=NC1.CC1=NCN=C1CC(C)(C)C.CN(C)c1nnc(CC(C)(C)C)o1.Cc1coc(CC(C)(C)C)n1.Cc1nnc(CC(C)(C)C)o1.Cc1nnc(CC(C)(C)C)o1. The van der Waals surface area contributed by atoms with Crippen molar-refractivity contribution in [2.24, 2.45) is 94.9 Å². The predicted octanol–water partition coefficient (Wildman–Crippen LogP) is 26.8. The highest BCUT2D eigenvalue weighted by atomic mass is 16.4. The number of aromatic nitrogens is 18. The minimum atomic E-state index is 0.167. The maximum atomic E-state index is 5.62. The van der Waals surface area contributed by atoms with Crippen LogP contribution in [0.2, 0.25) is 0 Å². The van der Waals surface area contributed by atoms with Crippen molar-refractivity contribution in [1.82, 2.24) is 91.3 Å². The number of aryl methyl sites for hydroxylation is 3. The molecule has 32 heteroatoms. The Hall–Kier alpha value is -10.6. The van der Waals surface area contributed by atoms with E-state index in [-0.39, 0.29) is 43.3 Å². The predicted molar refractivity (Wildman–Crippen MR) is 570 cm³/mol. The molecule has 4 aliphatic rings. The Morgan fingerprint density at radius 2 is 0.843 bits per heavy atom. The summed E-state index contributed by atoms with van der Waals surface area (Å²) in [4.78, 5) is 44.1. The van der Waals surface area contributed by atoms with Gasteiger partial charge < -0.3 is 35.8 Å². The number of hydrogen-bond acceptors (Lipinski definition) is 30. The Bertz CT molecular complexity index is 4980. The van der Waals surface area contributed by atoms with Crippen LogP contribution >= 0.6 is 0 Å². The molecule has 782 valence electrons. The van der Waals surface area contributed by atoms with Crippen LogP contribution < -0.4 is 4.90 Å². The van der Waals surface area contributed by atoms with Crippen molar-refractivity contribution in [3.05, 3.63) is 137 Å². The van der Waals surface area contributed by atoms with Gasteiger partial charge in [0.2, 0.25) is 53.0 Å². The summed E-state index contributed by atoms with van der Waals surface area (Å²) >= 11 is 0. The summed E-state index contributed by atoms with van der Waals surface area (Å²) < 4.78 is 37.4. The molecule has 0 radical (unpaired) electrons. The maximum absolute atomic E-state index is 5.62. The van der Waals surface area contributed by atoms with Gasteiger partial charge in [-0.05, 0) is 117 Å². The molecule has 3 aliphatic heterocycles. The lowest BCUT2D eigenvalue weighted by Crippen LogP contribution is -2.16. The van der Waals surface area contributed by atoms with E-state index in [1.54, 1.807) is 43.8 Å². The second kappa shape index (κ2) is 55.2. The van der Waals surface area contributed by atoms with Crippen molar-refractivity contribution in [3.8, 4) is 11.5 Å². The molecule has 9 aromatic heterocycles. The van der Waals surface area contributed by atoms with Gasteiger partial charge >= 0.3 is 6.01 Å². The molecule has 0 unspecified atom stereocenters. The van der Waals surface area contributed by atoms with E-state index in [9.17, 15) is 0 Å². The lowest BCUT2D eigenvalue weighted by Gasteiger charge is -2.17. The third-order valence-electron chi connectivity index (χ3n) is 18.2. The molecule has 2 N–H and O–H groups in total. The van der Waals surface area contributed by atoms with Gasteiger partial charge in [-0.25, -0.2) is 29.9 Å². The third kappa shape index (κ3) is 63.3. The largest absolute Gasteiger partial charge is 0.449 e. The van der Waals surface area contributed by atoms with Crippen LogP contribution in [0.5, 0.6) is 0 Å². The van der Waals surface area contributed by atoms with Crippen molar-refractivity contribution < 1.29 is 30.9 Å². The van der Waals surface area contributed by atoms with Crippen LogP contribution in [0.25, 0.3) is 11.5 Å². The van der Waals surface area contributed by atoms with Crippen LogP contribution in [-0.2, 0) is 57.8 Å². The normalized spacial score (nSPS) is 13.9. The van der Waals surface area contributed by atoms with Crippen molar-refractivity contribution in [2.75, 3.05) is 38.8 Å². The minimum absolute atomic E-state index is 0.167. The van der Waals surface area contributed by atoms with E-state index < -0.39 is 0 Å². The first-order chi connectivity index (χ1) is 64.0. The second-order valence-electron chi connectivity index (χ2n) is 51.5. The maximum Gasteiger partial charge on any atom is 0.317 e. The van der Waals surface area contributed by atoms with Crippen molar-refractivity contribution in [3.63, 3.8) is 0 Å². The summed E-state index contributed by atoms with van der Waals surface area (Å²) in [5.74, 6) is 13.9. The molecule has 12 heterocycles. The number of anilines is 1. The molecule has 0 spiro atoms. The van der Waals surface area contributed by atoms with E-state index in [1.807, 2.05) is 71.4 Å². The number of H-pyrrole nitrogens is 2. The van der Waals surface area contributed by atoms with Gasteiger partial charge in [-0.1, -0.05) is 286 Å². The van der Waals surface area contributed by atoms with E-state index in [0.717, 1.165) is 177 Å². The van der Waals surface area contributed by atoms with E-state index in [2.05, 4.69) is 384 Å². The van der Waals surface area contributed by atoms with Gasteiger partial charge in [-0.15, -0.1) is 45.9 Å². The number of hydrogen-bond donors (Lipinski definition) is 2. The third-order valence-corrected chi connectivity index (χ3v) is 18.2.